The van der Waals surface area contributed by atoms with E-state index in [4.69, 9.17) is 9.47 Å². The van der Waals surface area contributed by atoms with Crippen molar-refractivity contribution in [2.75, 3.05) is 13.2 Å². The molecule has 1 rings (SSSR count). The van der Waals surface area contributed by atoms with Crippen LogP contribution in [0.15, 0.2) is 18.2 Å². The molecule has 0 aromatic heterocycles. The van der Waals surface area contributed by atoms with E-state index in [1.165, 1.54) is 0 Å². The molecule has 0 saturated heterocycles. The third kappa shape index (κ3) is 11.9. The Morgan fingerprint density at radius 2 is 1.13 bits per heavy atom. The Kier molecular flexibility index (Phi) is 16.7. The van der Waals surface area contributed by atoms with Gasteiger partial charge in [-0.15, -0.1) is 0 Å². The molecule has 0 aliphatic rings. The van der Waals surface area contributed by atoms with E-state index in [1.54, 1.807) is 18.2 Å². The van der Waals surface area contributed by atoms with Crippen molar-refractivity contribution in [3.63, 3.8) is 0 Å². The zero-order chi connectivity index (χ0) is 23.6. The lowest BCUT2D eigenvalue weighted by molar-refractivity contribution is 0.0425. The number of carbonyl (C=O) groups is 2. The Hall–Kier alpha value is -1.84. The van der Waals surface area contributed by atoms with Crippen LogP contribution in [0.1, 0.15) is 119 Å². The van der Waals surface area contributed by atoms with Crippen molar-refractivity contribution >= 4 is 11.9 Å². The molecule has 31 heavy (non-hydrogen) atoms. The Morgan fingerprint density at radius 1 is 0.742 bits per heavy atom. The highest BCUT2D eigenvalue weighted by Gasteiger charge is 2.17. The molecule has 0 heterocycles. The third-order valence-electron chi connectivity index (χ3n) is 5.54. The van der Waals surface area contributed by atoms with Gasteiger partial charge in [-0.3, -0.25) is 0 Å². The average Bonchev–Trinajstić information content (AvgIpc) is 2.79. The Balaban J connectivity index is 0.00000436. The molecule has 0 aliphatic carbocycles. The number of rotatable bonds is 14. The van der Waals surface area contributed by atoms with Crippen molar-refractivity contribution in [2.45, 2.75) is 99.8 Å². The fourth-order valence-electron chi connectivity index (χ4n) is 3.37. The maximum atomic E-state index is 12.5. The van der Waals surface area contributed by atoms with E-state index in [0.717, 1.165) is 56.9 Å². The molecule has 4 nitrogen and oxygen atoms in total. The molecule has 0 bridgehead atoms. The molecule has 2 atom stereocenters. The molecule has 0 saturated carbocycles. The summed E-state index contributed by atoms with van der Waals surface area (Å²) in [5, 5.41) is 0. The van der Waals surface area contributed by atoms with E-state index in [1.807, 2.05) is 20.8 Å². The van der Waals surface area contributed by atoms with Crippen molar-refractivity contribution in [2.24, 2.45) is 11.8 Å². The summed E-state index contributed by atoms with van der Waals surface area (Å²) in [6, 6.07) is 5.13. The minimum absolute atomic E-state index is 0.368. The summed E-state index contributed by atoms with van der Waals surface area (Å²) >= 11 is 0. The summed E-state index contributed by atoms with van der Waals surface area (Å²) < 4.78 is 11.1. The predicted molar refractivity (Wildman–Crippen MR) is 130 cm³/mol. The van der Waals surface area contributed by atoms with E-state index < -0.39 is 0 Å². The van der Waals surface area contributed by atoms with Crippen LogP contribution < -0.4 is 0 Å². The molecule has 2 unspecified atom stereocenters. The van der Waals surface area contributed by atoms with Crippen molar-refractivity contribution in [1.29, 1.82) is 0 Å². The maximum Gasteiger partial charge on any atom is 0.338 e. The van der Waals surface area contributed by atoms with Gasteiger partial charge in [0.25, 0.3) is 0 Å². The van der Waals surface area contributed by atoms with Gasteiger partial charge in [-0.2, -0.15) is 0 Å². The van der Waals surface area contributed by atoms with E-state index in [9.17, 15) is 9.59 Å². The molecular weight excluding hydrogens is 388 g/mol. The monoisotopic (exact) mass is 434 g/mol. The van der Waals surface area contributed by atoms with Crippen LogP contribution in [0.3, 0.4) is 0 Å². The van der Waals surface area contributed by atoms with E-state index >= 15 is 0 Å². The largest absolute Gasteiger partial charge is 0.462 e. The van der Waals surface area contributed by atoms with Crippen molar-refractivity contribution in [1.82, 2.24) is 0 Å². The molecule has 1 aromatic carbocycles. The molecule has 178 valence electrons. The van der Waals surface area contributed by atoms with Gasteiger partial charge in [-0.1, -0.05) is 80.1 Å². The smallest absolute Gasteiger partial charge is 0.338 e. The van der Waals surface area contributed by atoms with Gasteiger partial charge < -0.3 is 9.47 Å². The SMILES string of the molecule is CC.CCCCC(CC)COC(=O)c1cc(C)cc(C(=O)OCC(CC)CCCC)c1. The van der Waals surface area contributed by atoms with Gasteiger partial charge in [0.2, 0.25) is 0 Å². The van der Waals surface area contributed by atoms with Gasteiger partial charge in [0.1, 0.15) is 0 Å². The highest BCUT2D eigenvalue weighted by molar-refractivity contribution is 5.95. The van der Waals surface area contributed by atoms with Gasteiger partial charge in [0.05, 0.1) is 24.3 Å². The van der Waals surface area contributed by atoms with Gasteiger partial charge in [0.15, 0.2) is 0 Å². The zero-order valence-electron chi connectivity index (χ0n) is 21.1. The number of esters is 2. The maximum absolute atomic E-state index is 12.5. The number of aryl methyl sites for hydroxylation is 1. The molecule has 1 aromatic rings. The normalized spacial score (nSPS) is 12.4. The Bertz CT molecular complexity index is 573. The number of hydrogen-bond acceptors (Lipinski definition) is 4. The standard InChI is InChI=1S/C25H40O4.C2H6/c1-6-10-12-20(8-3)17-28-24(26)22-14-19(5)15-23(16-22)25(27)29-18-21(9-4)13-11-7-2;1-2/h14-16,20-21H,6-13,17-18H2,1-5H3;1-2H3. The van der Waals surface area contributed by atoms with Crippen molar-refractivity contribution in [3.05, 3.63) is 34.9 Å². The molecular formula is C27H46O4. The lowest BCUT2D eigenvalue weighted by atomic mass is 10.0. The number of carbonyl (C=O) groups excluding carboxylic acids is 2. The van der Waals surface area contributed by atoms with Crippen LogP contribution >= 0.6 is 0 Å². The second kappa shape index (κ2) is 17.8. The zero-order valence-corrected chi connectivity index (χ0v) is 21.1. The first-order chi connectivity index (χ1) is 14.9. The second-order valence-electron chi connectivity index (χ2n) is 8.12. The summed E-state index contributed by atoms with van der Waals surface area (Å²) in [5.41, 5.74) is 1.68. The van der Waals surface area contributed by atoms with Crippen LogP contribution in [0, 0.1) is 18.8 Å². The molecule has 0 N–H and O–H groups in total. The molecule has 0 amide bonds. The van der Waals surface area contributed by atoms with Crippen molar-refractivity contribution in [3.8, 4) is 0 Å². The average molecular weight is 435 g/mol. The lowest BCUT2D eigenvalue weighted by Crippen LogP contribution is -2.16. The fourth-order valence-corrected chi connectivity index (χ4v) is 3.37. The number of ether oxygens (including phenoxy) is 2. The highest BCUT2D eigenvalue weighted by atomic mass is 16.5. The van der Waals surface area contributed by atoms with Gasteiger partial charge in [0, 0.05) is 0 Å². The molecule has 0 fully saturated rings. The van der Waals surface area contributed by atoms with Crippen LogP contribution in [0.2, 0.25) is 0 Å². The van der Waals surface area contributed by atoms with Crippen molar-refractivity contribution < 1.29 is 19.1 Å². The first-order valence-electron chi connectivity index (χ1n) is 12.4. The van der Waals surface area contributed by atoms with Crippen LogP contribution in [0.4, 0.5) is 0 Å². The number of benzene rings is 1. The summed E-state index contributed by atoms with van der Waals surface area (Å²) in [6.07, 6.45) is 8.71. The highest BCUT2D eigenvalue weighted by Crippen LogP contribution is 2.18. The summed E-state index contributed by atoms with van der Waals surface area (Å²) in [5.74, 6) is 0.0450. The minimum Gasteiger partial charge on any atom is -0.462 e. The molecule has 4 heteroatoms. The predicted octanol–water partition coefficient (Wildman–Crippen LogP) is 7.77. The summed E-state index contributed by atoms with van der Waals surface area (Å²) in [4.78, 5) is 25.0. The summed E-state index contributed by atoms with van der Waals surface area (Å²) in [6.45, 7) is 15.3. The molecule has 0 radical (unpaired) electrons. The van der Waals surface area contributed by atoms with Crippen LogP contribution in [0.5, 0.6) is 0 Å². The summed E-state index contributed by atoms with van der Waals surface area (Å²) in [7, 11) is 0. The molecule has 0 spiro atoms. The van der Waals surface area contributed by atoms with Crippen LogP contribution in [-0.2, 0) is 9.47 Å². The lowest BCUT2D eigenvalue weighted by Gasteiger charge is -2.16. The fraction of sp³-hybridized carbons (Fsp3) is 0.704. The quantitative estimate of drug-likeness (QED) is 0.281. The second-order valence-corrected chi connectivity index (χ2v) is 8.12. The molecule has 0 aliphatic heterocycles. The first-order valence-corrected chi connectivity index (χ1v) is 12.4. The first kappa shape index (κ1) is 29.2. The van der Waals surface area contributed by atoms with Gasteiger partial charge in [-0.05, 0) is 55.4 Å². The number of hydrogen-bond donors (Lipinski definition) is 0. The van der Waals surface area contributed by atoms with E-state index in [0.29, 0.717) is 36.2 Å². The van der Waals surface area contributed by atoms with Crippen LogP contribution in [0.25, 0.3) is 0 Å². The number of unbranched alkanes of at least 4 members (excludes halogenated alkanes) is 2. The third-order valence-corrected chi connectivity index (χ3v) is 5.54. The minimum atomic E-state index is -0.368. The Labute approximate surface area is 191 Å². The van der Waals surface area contributed by atoms with Crippen LogP contribution in [-0.4, -0.2) is 25.2 Å². The van der Waals surface area contributed by atoms with E-state index in [2.05, 4.69) is 27.7 Å². The van der Waals surface area contributed by atoms with Gasteiger partial charge >= 0.3 is 11.9 Å². The topological polar surface area (TPSA) is 52.6 Å². The van der Waals surface area contributed by atoms with Gasteiger partial charge in [-0.25, -0.2) is 9.59 Å². The van der Waals surface area contributed by atoms with E-state index in [-0.39, 0.29) is 11.9 Å². The Morgan fingerprint density at radius 3 is 1.45 bits per heavy atom.